The average molecular weight is 451 g/mol. The maximum absolute atomic E-state index is 14.7. The molecule has 3 aromatic rings. The van der Waals surface area contributed by atoms with Crippen LogP contribution in [0.15, 0.2) is 55.1 Å². The lowest BCUT2D eigenvalue weighted by Gasteiger charge is -2.26. The standard InChI is InChI=1S/C24H27FN6O2/c25-22-14-24(33-12-11-31-9-7-26-8-10-31)29-16-21(22)19-3-1-18(2-4-19)13-23(32)28-15-20-5-6-27-17-30-20/h1-6,14,16-17,26H,7-13,15H2,(H,28,32). The van der Waals surface area contributed by atoms with Crippen molar-refractivity contribution in [1.29, 1.82) is 0 Å². The molecule has 1 aliphatic rings. The van der Waals surface area contributed by atoms with E-state index in [0.29, 0.717) is 24.3 Å². The van der Waals surface area contributed by atoms with Crippen LogP contribution in [0.25, 0.3) is 11.1 Å². The molecule has 0 unspecified atom stereocenters. The number of nitrogens with one attached hydrogen (secondary N) is 2. The topological polar surface area (TPSA) is 92.3 Å². The molecule has 1 aromatic carbocycles. The van der Waals surface area contributed by atoms with Crippen molar-refractivity contribution >= 4 is 5.91 Å². The molecule has 33 heavy (non-hydrogen) atoms. The van der Waals surface area contributed by atoms with E-state index in [0.717, 1.165) is 44.0 Å². The van der Waals surface area contributed by atoms with Gasteiger partial charge in [-0.05, 0) is 17.2 Å². The molecular weight excluding hydrogens is 423 g/mol. The maximum Gasteiger partial charge on any atom is 0.224 e. The molecule has 9 heteroatoms. The van der Waals surface area contributed by atoms with Gasteiger partial charge in [0.25, 0.3) is 0 Å². The van der Waals surface area contributed by atoms with Crippen LogP contribution in [0, 0.1) is 5.82 Å². The third-order valence-electron chi connectivity index (χ3n) is 5.43. The first kappa shape index (κ1) is 22.8. The van der Waals surface area contributed by atoms with E-state index in [4.69, 9.17) is 4.74 Å². The van der Waals surface area contributed by atoms with Crippen LogP contribution in [-0.4, -0.2) is 65.1 Å². The van der Waals surface area contributed by atoms with Crippen LogP contribution in [0.3, 0.4) is 0 Å². The van der Waals surface area contributed by atoms with Crippen molar-refractivity contribution in [3.63, 3.8) is 0 Å². The fourth-order valence-electron chi connectivity index (χ4n) is 3.58. The Hall–Kier alpha value is -3.43. The summed E-state index contributed by atoms with van der Waals surface area (Å²) in [6.45, 7) is 5.55. The number of ether oxygens (including phenoxy) is 1. The highest BCUT2D eigenvalue weighted by Gasteiger charge is 2.12. The second-order valence-electron chi connectivity index (χ2n) is 7.79. The molecule has 8 nitrogen and oxygen atoms in total. The Kier molecular flexibility index (Phi) is 7.89. The molecule has 1 saturated heterocycles. The number of hydrogen-bond acceptors (Lipinski definition) is 7. The highest BCUT2D eigenvalue weighted by atomic mass is 19.1. The zero-order valence-corrected chi connectivity index (χ0v) is 18.3. The second kappa shape index (κ2) is 11.4. The average Bonchev–Trinajstić information content (AvgIpc) is 2.85. The molecule has 3 heterocycles. The molecule has 1 aliphatic heterocycles. The summed E-state index contributed by atoms with van der Waals surface area (Å²) in [7, 11) is 0. The Morgan fingerprint density at radius 2 is 1.97 bits per heavy atom. The monoisotopic (exact) mass is 450 g/mol. The number of halogens is 1. The number of nitrogens with zero attached hydrogens (tertiary/aromatic N) is 4. The van der Waals surface area contributed by atoms with E-state index in [1.165, 1.54) is 18.6 Å². The van der Waals surface area contributed by atoms with E-state index in [9.17, 15) is 9.18 Å². The summed E-state index contributed by atoms with van der Waals surface area (Å²) in [6, 6.07) is 10.3. The minimum absolute atomic E-state index is 0.114. The van der Waals surface area contributed by atoms with Gasteiger partial charge < -0.3 is 15.4 Å². The Labute approximate surface area is 192 Å². The minimum atomic E-state index is -0.391. The van der Waals surface area contributed by atoms with E-state index >= 15 is 0 Å². The van der Waals surface area contributed by atoms with Gasteiger partial charge >= 0.3 is 0 Å². The van der Waals surface area contributed by atoms with Crippen LogP contribution < -0.4 is 15.4 Å². The van der Waals surface area contributed by atoms with Crippen LogP contribution in [0.2, 0.25) is 0 Å². The molecule has 1 fully saturated rings. The number of pyridine rings is 1. The molecule has 2 N–H and O–H groups in total. The highest BCUT2D eigenvalue weighted by Crippen LogP contribution is 2.25. The van der Waals surface area contributed by atoms with Gasteiger partial charge in [0.1, 0.15) is 18.8 Å². The molecule has 0 bridgehead atoms. The number of piperazine rings is 1. The predicted octanol–water partition coefficient (Wildman–Crippen LogP) is 1.82. The molecule has 0 aliphatic carbocycles. The number of hydrogen-bond donors (Lipinski definition) is 2. The molecule has 2 aromatic heterocycles. The van der Waals surface area contributed by atoms with Gasteiger partial charge in [-0.15, -0.1) is 0 Å². The second-order valence-corrected chi connectivity index (χ2v) is 7.79. The summed E-state index contributed by atoms with van der Waals surface area (Å²) in [5, 5.41) is 6.14. The summed E-state index contributed by atoms with van der Waals surface area (Å²) in [4.78, 5) is 26.7. The molecule has 4 rings (SSSR count). The van der Waals surface area contributed by atoms with Gasteiger partial charge in [0.15, 0.2) is 0 Å². The Morgan fingerprint density at radius 1 is 1.15 bits per heavy atom. The van der Waals surface area contributed by atoms with E-state index in [-0.39, 0.29) is 18.2 Å². The van der Waals surface area contributed by atoms with E-state index in [1.807, 2.05) is 12.1 Å². The fourth-order valence-corrected chi connectivity index (χ4v) is 3.58. The van der Waals surface area contributed by atoms with Gasteiger partial charge in [-0.2, -0.15) is 0 Å². The Balaban J connectivity index is 1.28. The molecule has 0 saturated carbocycles. The van der Waals surface area contributed by atoms with Crippen molar-refractivity contribution in [2.45, 2.75) is 13.0 Å². The third-order valence-corrected chi connectivity index (χ3v) is 5.43. The number of carbonyl (C=O) groups is 1. The van der Waals surface area contributed by atoms with Crippen molar-refractivity contribution in [3.05, 3.63) is 72.2 Å². The quantitative estimate of drug-likeness (QED) is 0.514. The summed E-state index contributed by atoms with van der Waals surface area (Å²) in [5.41, 5.74) is 2.66. The lowest BCUT2D eigenvalue weighted by atomic mass is 10.0. The third kappa shape index (κ3) is 6.77. The zero-order valence-electron chi connectivity index (χ0n) is 18.3. The van der Waals surface area contributed by atoms with Gasteiger partial charge in [-0.25, -0.2) is 19.3 Å². The largest absolute Gasteiger partial charge is 0.476 e. The van der Waals surface area contributed by atoms with Crippen LogP contribution in [0.4, 0.5) is 4.39 Å². The Morgan fingerprint density at radius 3 is 2.70 bits per heavy atom. The number of amides is 1. The van der Waals surface area contributed by atoms with Gasteiger partial charge in [-0.1, -0.05) is 24.3 Å². The fraction of sp³-hybridized carbons (Fsp3) is 0.333. The first-order valence-electron chi connectivity index (χ1n) is 11.0. The van der Waals surface area contributed by atoms with Crippen LogP contribution in [-0.2, 0) is 17.8 Å². The lowest BCUT2D eigenvalue weighted by Crippen LogP contribution is -2.44. The molecule has 0 radical (unpaired) electrons. The van der Waals surface area contributed by atoms with Crippen LogP contribution in [0.1, 0.15) is 11.3 Å². The molecule has 0 spiro atoms. The summed E-state index contributed by atoms with van der Waals surface area (Å²) >= 11 is 0. The molecule has 172 valence electrons. The van der Waals surface area contributed by atoms with Crippen molar-refractivity contribution in [1.82, 2.24) is 30.5 Å². The van der Waals surface area contributed by atoms with Gasteiger partial charge in [0, 0.05) is 56.7 Å². The van der Waals surface area contributed by atoms with E-state index in [2.05, 4.69) is 30.5 Å². The first-order chi connectivity index (χ1) is 16.2. The van der Waals surface area contributed by atoms with Gasteiger partial charge in [-0.3, -0.25) is 9.69 Å². The van der Waals surface area contributed by atoms with E-state index < -0.39 is 5.82 Å². The van der Waals surface area contributed by atoms with Crippen molar-refractivity contribution in [2.24, 2.45) is 0 Å². The molecule has 1 amide bonds. The summed E-state index contributed by atoms with van der Waals surface area (Å²) in [5.74, 6) is -0.225. The van der Waals surface area contributed by atoms with Crippen LogP contribution >= 0.6 is 0 Å². The SMILES string of the molecule is O=C(Cc1ccc(-c2cnc(OCCN3CCNCC3)cc2F)cc1)NCc1ccncn1. The summed E-state index contributed by atoms with van der Waals surface area (Å²) < 4.78 is 20.3. The first-order valence-corrected chi connectivity index (χ1v) is 11.0. The van der Waals surface area contributed by atoms with Crippen molar-refractivity contribution < 1.29 is 13.9 Å². The van der Waals surface area contributed by atoms with Crippen molar-refractivity contribution in [2.75, 3.05) is 39.3 Å². The maximum atomic E-state index is 14.7. The van der Waals surface area contributed by atoms with Gasteiger partial charge in [0.2, 0.25) is 11.8 Å². The van der Waals surface area contributed by atoms with Gasteiger partial charge in [0.05, 0.1) is 18.7 Å². The van der Waals surface area contributed by atoms with Crippen LogP contribution in [0.5, 0.6) is 5.88 Å². The number of aromatic nitrogens is 3. The zero-order chi connectivity index (χ0) is 22.9. The number of rotatable bonds is 9. The minimum Gasteiger partial charge on any atom is -0.476 e. The smallest absolute Gasteiger partial charge is 0.224 e. The van der Waals surface area contributed by atoms with Crippen molar-refractivity contribution in [3.8, 4) is 17.0 Å². The molecular formula is C24H27FN6O2. The normalized spacial score (nSPS) is 14.1. The number of benzene rings is 1. The highest BCUT2D eigenvalue weighted by molar-refractivity contribution is 5.78. The predicted molar refractivity (Wildman–Crippen MR) is 122 cm³/mol. The van der Waals surface area contributed by atoms with E-state index in [1.54, 1.807) is 24.4 Å². The lowest BCUT2D eigenvalue weighted by molar-refractivity contribution is -0.120. The summed E-state index contributed by atoms with van der Waals surface area (Å²) in [6.07, 6.45) is 4.79. The number of carbonyl (C=O) groups excluding carboxylic acids is 1. The Bertz CT molecular complexity index is 1040. The molecule has 0 atom stereocenters.